The van der Waals surface area contributed by atoms with Crippen LogP contribution in [0.4, 0.5) is 0 Å². The Bertz CT molecular complexity index is 547. The Labute approximate surface area is 128 Å². The zero-order valence-electron chi connectivity index (χ0n) is 11.7. The Morgan fingerprint density at radius 3 is 2.63 bits per heavy atom. The third-order valence-electron chi connectivity index (χ3n) is 3.12. The highest BCUT2D eigenvalue weighted by atomic mass is 79.9. The molecule has 1 heterocycles. The molecule has 19 heavy (non-hydrogen) atoms. The molecular weight excluding hydrogens is 318 g/mol. The fraction of sp³-hybridized carbons (Fsp3) is 0.375. The van der Waals surface area contributed by atoms with E-state index in [-0.39, 0.29) is 0 Å². The molecule has 1 N–H and O–H groups in total. The average molecular weight is 338 g/mol. The predicted octanol–water partition coefficient (Wildman–Crippen LogP) is 5.22. The molecular formula is C16H20BrNS. The Balaban J connectivity index is 2.38. The van der Waals surface area contributed by atoms with Gasteiger partial charge in [0.15, 0.2) is 0 Å². The average Bonchev–Trinajstić information content (AvgIpc) is 2.69. The maximum atomic E-state index is 3.67. The summed E-state index contributed by atoms with van der Waals surface area (Å²) >= 11 is 5.47. The lowest BCUT2D eigenvalue weighted by molar-refractivity contribution is 0.604. The lowest BCUT2D eigenvalue weighted by Gasteiger charge is -2.19. The fourth-order valence-electron chi connectivity index (χ4n) is 2.28. The molecule has 0 aliphatic heterocycles. The maximum Gasteiger partial charge on any atom is 0.0674 e. The molecule has 1 aromatic carbocycles. The van der Waals surface area contributed by atoms with Crippen molar-refractivity contribution in [3.8, 4) is 0 Å². The van der Waals surface area contributed by atoms with Gasteiger partial charge in [0.2, 0.25) is 0 Å². The third kappa shape index (κ3) is 3.68. The van der Waals surface area contributed by atoms with Crippen molar-refractivity contribution in [2.75, 3.05) is 6.54 Å². The van der Waals surface area contributed by atoms with E-state index in [0.717, 1.165) is 17.4 Å². The van der Waals surface area contributed by atoms with Gasteiger partial charge in [-0.1, -0.05) is 35.0 Å². The van der Waals surface area contributed by atoms with E-state index in [1.54, 1.807) is 0 Å². The summed E-state index contributed by atoms with van der Waals surface area (Å²) in [5.41, 5.74) is 2.71. The van der Waals surface area contributed by atoms with Gasteiger partial charge in [-0.25, -0.2) is 0 Å². The van der Waals surface area contributed by atoms with Gasteiger partial charge in [0.25, 0.3) is 0 Å². The van der Waals surface area contributed by atoms with Crippen LogP contribution >= 0.6 is 27.3 Å². The molecule has 0 aliphatic rings. The van der Waals surface area contributed by atoms with Crippen LogP contribution in [0.3, 0.4) is 0 Å². The van der Waals surface area contributed by atoms with E-state index in [1.165, 1.54) is 20.9 Å². The summed E-state index contributed by atoms with van der Waals surface area (Å²) in [4.78, 5) is 2.81. The minimum Gasteiger partial charge on any atom is -0.306 e. The van der Waals surface area contributed by atoms with E-state index in [2.05, 4.69) is 72.3 Å². The number of hydrogen-bond acceptors (Lipinski definition) is 2. The Hall–Kier alpha value is -0.640. The second-order valence-electron chi connectivity index (χ2n) is 4.85. The van der Waals surface area contributed by atoms with Gasteiger partial charge in [-0.3, -0.25) is 0 Å². The molecule has 2 rings (SSSR count). The first-order valence-corrected chi connectivity index (χ1v) is 8.28. The number of rotatable bonds is 5. The molecule has 3 heteroatoms. The van der Waals surface area contributed by atoms with Gasteiger partial charge < -0.3 is 5.32 Å². The largest absolute Gasteiger partial charge is 0.306 e. The third-order valence-corrected chi connectivity index (χ3v) is 4.83. The molecule has 0 saturated carbocycles. The van der Waals surface area contributed by atoms with Crippen molar-refractivity contribution < 1.29 is 0 Å². The van der Waals surface area contributed by atoms with E-state index in [4.69, 9.17) is 0 Å². The van der Waals surface area contributed by atoms with Gasteiger partial charge in [-0.2, -0.15) is 0 Å². The Morgan fingerprint density at radius 1 is 1.26 bits per heavy atom. The first-order valence-electron chi connectivity index (χ1n) is 6.67. The van der Waals surface area contributed by atoms with Crippen LogP contribution in [-0.4, -0.2) is 6.54 Å². The van der Waals surface area contributed by atoms with Crippen molar-refractivity contribution in [2.24, 2.45) is 0 Å². The molecule has 1 nitrogen and oxygen atoms in total. The molecule has 0 aliphatic carbocycles. The molecule has 2 aromatic rings. The highest BCUT2D eigenvalue weighted by Gasteiger charge is 2.17. The lowest BCUT2D eigenvalue weighted by Crippen LogP contribution is -2.22. The number of halogens is 1. The van der Waals surface area contributed by atoms with E-state index in [1.807, 2.05) is 11.3 Å². The highest BCUT2D eigenvalue weighted by Crippen LogP contribution is 2.32. The number of benzene rings is 1. The van der Waals surface area contributed by atoms with Crippen molar-refractivity contribution >= 4 is 27.3 Å². The van der Waals surface area contributed by atoms with Crippen LogP contribution in [0.25, 0.3) is 0 Å². The van der Waals surface area contributed by atoms with Crippen LogP contribution in [0, 0.1) is 13.8 Å². The summed E-state index contributed by atoms with van der Waals surface area (Å²) in [5.74, 6) is 0. The summed E-state index contributed by atoms with van der Waals surface area (Å²) in [6, 6.07) is 11.2. The second-order valence-corrected chi connectivity index (χ2v) is 7.05. The standard InChI is InChI=1S/C16H20BrNS/c1-4-8-18-15(13-6-5-7-14(17)10-13)16-11(2)9-12(3)19-16/h5-7,9-10,15,18H,4,8H2,1-3H3. The van der Waals surface area contributed by atoms with Gasteiger partial charge in [0.1, 0.15) is 0 Å². The van der Waals surface area contributed by atoms with Crippen molar-refractivity contribution in [3.05, 3.63) is 55.7 Å². The van der Waals surface area contributed by atoms with Crippen molar-refractivity contribution in [1.29, 1.82) is 0 Å². The van der Waals surface area contributed by atoms with Gasteiger partial charge in [-0.05, 0) is 56.1 Å². The summed E-state index contributed by atoms with van der Waals surface area (Å²) < 4.78 is 1.14. The molecule has 102 valence electrons. The molecule has 0 bridgehead atoms. The van der Waals surface area contributed by atoms with Crippen LogP contribution in [0.1, 0.15) is 40.3 Å². The topological polar surface area (TPSA) is 12.0 Å². The van der Waals surface area contributed by atoms with E-state index in [9.17, 15) is 0 Å². The second kappa shape index (κ2) is 6.69. The van der Waals surface area contributed by atoms with Crippen LogP contribution in [0.15, 0.2) is 34.8 Å². The van der Waals surface area contributed by atoms with Crippen molar-refractivity contribution in [2.45, 2.75) is 33.2 Å². The summed E-state index contributed by atoms with van der Waals surface area (Å²) in [6.07, 6.45) is 1.15. The Morgan fingerprint density at radius 2 is 2.05 bits per heavy atom. The van der Waals surface area contributed by atoms with Gasteiger partial charge in [0.05, 0.1) is 6.04 Å². The molecule has 1 atom stereocenters. The number of aryl methyl sites for hydroxylation is 2. The SMILES string of the molecule is CCCNC(c1cccc(Br)c1)c1sc(C)cc1C. The smallest absolute Gasteiger partial charge is 0.0674 e. The molecule has 0 spiro atoms. The minimum absolute atomic E-state index is 0.302. The van der Waals surface area contributed by atoms with E-state index >= 15 is 0 Å². The summed E-state index contributed by atoms with van der Waals surface area (Å²) in [5, 5.41) is 3.67. The highest BCUT2D eigenvalue weighted by molar-refractivity contribution is 9.10. The molecule has 0 radical (unpaired) electrons. The van der Waals surface area contributed by atoms with Crippen molar-refractivity contribution in [1.82, 2.24) is 5.32 Å². The number of thiophene rings is 1. The molecule has 0 fully saturated rings. The summed E-state index contributed by atoms with van der Waals surface area (Å²) in [7, 11) is 0. The zero-order chi connectivity index (χ0) is 13.8. The molecule has 0 saturated heterocycles. The maximum absolute atomic E-state index is 3.67. The molecule has 0 amide bonds. The fourth-order valence-corrected chi connectivity index (χ4v) is 3.84. The quantitative estimate of drug-likeness (QED) is 0.788. The van der Waals surface area contributed by atoms with Gasteiger partial charge in [-0.15, -0.1) is 11.3 Å². The first-order chi connectivity index (χ1) is 9.11. The molecule has 1 aromatic heterocycles. The molecule has 1 unspecified atom stereocenters. The van der Waals surface area contributed by atoms with Crippen molar-refractivity contribution in [3.63, 3.8) is 0 Å². The van der Waals surface area contributed by atoms with Crippen LogP contribution in [0.5, 0.6) is 0 Å². The first kappa shape index (κ1) is 14.8. The van der Waals surface area contributed by atoms with E-state index in [0.29, 0.717) is 6.04 Å². The summed E-state index contributed by atoms with van der Waals surface area (Å²) in [6.45, 7) is 7.63. The lowest BCUT2D eigenvalue weighted by atomic mass is 10.0. The predicted molar refractivity (Wildman–Crippen MR) is 88.1 cm³/mol. The number of nitrogens with one attached hydrogen (secondary N) is 1. The number of hydrogen-bond donors (Lipinski definition) is 1. The Kier molecular flexibility index (Phi) is 5.20. The van der Waals surface area contributed by atoms with Gasteiger partial charge in [0, 0.05) is 14.2 Å². The monoisotopic (exact) mass is 337 g/mol. The van der Waals surface area contributed by atoms with E-state index < -0.39 is 0 Å². The zero-order valence-corrected chi connectivity index (χ0v) is 14.1. The normalized spacial score (nSPS) is 12.6. The van der Waals surface area contributed by atoms with Crippen LogP contribution < -0.4 is 5.32 Å². The van der Waals surface area contributed by atoms with Crippen LogP contribution in [-0.2, 0) is 0 Å². The van der Waals surface area contributed by atoms with Crippen LogP contribution in [0.2, 0.25) is 0 Å². The minimum atomic E-state index is 0.302. The van der Waals surface area contributed by atoms with Gasteiger partial charge >= 0.3 is 0 Å².